The van der Waals surface area contributed by atoms with Crippen LogP contribution in [0.1, 0.15) is 12.0 Å². The molecule has 2 N–H and O–H groups in total. The second-order valence-electron chi connectivity index (χ2n) is 7.18. The van der Waals surface area contributed by atoms with Crippen LogP contribution in [0, 0.1) is 5.82 Å². The number of nitrogens with zero attached hydrogens (tertiary/aromatic N) is 1. The van der Waals surface area contributed by atoms with Crippen LogP contribution in [0.15, 0.2) is 54.6 Å². The monoisotopic (exact) mass is 397 g/mol. The van der Waals surface area contributed by atoms with Crippen LogP contribution < -0.4 is 15.4 Å². The highest BCUT2D eigenvalue weighted by Gasteiger charge is 2.46. The molecule has 29 heavy (non-hydrogen) atoms. The molecule has 0 bridgehead atoms. The summed E-state index contributed by atoms with van der Waals surface area (Å²) in [6.07, 6.45) is 0.0168. The highest BCUT2D eigenvalue weighted by Crippen LogP contribution is 2.24. The van der Waals surface area contributed by atoms with E-state index in [0.29, 0.717) is 12.8 Å². The maximum Gasteiger partial charge on any atom is 0.412 e. The van der Waals surface area contributed by atoms with Gasteiger partial charge in [-0.3, -0.25) is 9.59 Å². The molecule has 2 aliphatic rings. The lowest BCUT2D eigenvalue weighted by molar-refractivity contribution is -0.147. The van der Waals surface area contributed by atoms with Gasteiger partial charge in [0.15, 0.2) is 0 Å². The molecule has 2 saturated heterocycles. The number of halogens is 1. The first-order valence-electron chi connectivity index (χ1n) is 9.38. The Hall–Kier alpha value is -3.42. The molecule has 3 atom stereocenters. The number of piperazine rings is 1. The predicted octanol–water partition coefficient (Wildman–Crippen LogP) is 1.62. The van der Waals surface area contributed by atoms with E-state index in [1.54, 1.807) is 0 Å². The molecule has 2 heterocycles. The molecule has 3 amide bonds. The average Bonchev–Trinajstić information content (AvgIpc) is 3.13. The van der Waals surface area contributed by atoms with Gasteiger partial charge in [0.05, 0.1) is 6.04 Å². The molecule has 150 valence electrons. The quantitative estimate of drug-likeness (QED) is 0.821. The van der Waals surface area contributed by atoms with Crippen LogP contribution in [-0.4, -0.2) is 47.5 Å². The third-order valence-electron chi connectivity index (χ3n) is 5.13. The van der Waals surface area contributed by atoms with Crippen LogP contribution in [0.3, 0.4) is 0 Å². The predicted molar refractivity (Wildman–Crippen MR) is 102 cm³/mol. The molecule has 2 fully saturated rings. The summed E-state index contributed by atoms with van der Waals surface area (Å²) in [7, 11) is 0. The third-order valence-corrected chi connectivity index (χ3v) is 5.13. The Morgan fingerprint density at radius 3 is 2.59 bits per heavy atom. The molecule has 0 unspecified atom stereocenters. The molecule has 8 heteroatoms. The first kappa shape index (κ1) is 18.9. The molecule has 0 spiro atoms. The lowest BCUT2D eigenvalue weighted by atomic mass is 10.0. The Morgan fingerprint density at radius 1 is 1.14 bits per heavy atom. The van der Waals surface area contributed by atoms with Crippen molar-refractivity contribution in [3.05, 3.63) is 66.0 Å². The van der Waals surface area contributed by atoms with E-state index < -0.39 is 30.0 Å². The normalized spacial score (nSPS) is 23.3. The summed E-state index contributed by atoms with van der Waals surface area (Å²) in [5.74, 6) is -0.604. The summed E-state index contributed by atoms with van der Waals surface area (Å²) in [6, 6.07) is 12.9. The number of carbonyl (C=O) groups excluding carboxylic acids is 3. The minimum atomic E-state index is -0.713. The summed E-state index contributed by atoms with van der Waals surface area (Å²) in [5, 5.41) is 5.47. The van der Waals surface area contributed by atoms with Gasteiger partial charge in [0, 0.05) is 13.0 Å². The van der Waals surface area contributed by atoms with Crippen molar-refractivity contribution in [2.75, 3.05) is 6.54 Å². The number of ether oxygens (including phenoxy) is 1. The first-order valence-corrected chi connectivity index (χ1v) is 9.38. The summed E-state index contributed by atoms with van der Waals surface area (Å²) >= 11 is 0. The fourth-order valence-electron chi connectivity index (χ4n) is 3.76. The second-order valence-corrected chi connectivity index (χ2v) is 7.18. The number of amides is 3. The molecular weight excluding hydrogens is 377 g/mol. The van der Waals surface area contributed by atoms with E-state index in [2.05, 4.69) is 10.6 Å². The van der Waals surface area contributed by atoms with Crippen LogP contribution in [0.4, 0.5) is 9.18 Å². The van der Waals surface area contributed by atoms with Crippen molar-refractivity contribution < 1.29 is 23.5 Å². The van der Waals surface area contributed by atoms with E-state index in [1.807, 2.05) is 30.3 Å². The number of hydrogen-bond acceptors (Lipinski definition) is 4. The highest BCUT2D eigenvalue weighted by molar-refractivity contribution is 5.97. The zero-order valence-corrected chi connectivity index (χ0v) is 15.5. The Morgan fingerprint density at radius 2 is 1.86 bits per heavy atom. The first-order chi connectivity index (χ1) is 14.0. The summed E-state index contributed by atoms with van der Waals surface area (Å²) in [6.45, 7) is 0.237. The number of hydrogen-bond donors (Lipinski definition) is 2. The number of benzene rings is 2. The van der Waals surface area contributed by atoms with Gasteiger partial charge in [-0.15, -0.1) is 0 Å². The Bertz CT molecular complexity index is 919. The maximum atomic E-state index is 12.9. The topological polar surface area (TPSA) is 87.7 Å². The van der Waals surface area contributed by atoms with Gasteiger partial charge < -0.3 is 20.3 Å². The zero-order valence-electron chi connectivity index (χ0n) is 15.5. The lowest BCUT2D eigenvalue weighted by Crippen LogP contribution is -2.61. The van der Waals surface area contributed by atoms with Crippen LogP contribution in [0.5, 0.6) is 5.75 Å². The number of rotatable bonds is 4. The van der Waals surface area contributed by atoms with Gasteiger partial charge in [-0.25, -0.2) is 9.18 Å². The van der Waals surface area contributed by atoms with Crippen molar-refractivity contribution in [1.29, 1.82) is 0 Å². The Kier molecular flexibility index (Phi) is 5.16. The fourth-order valence-corrected chi connectivity index (χ4v) is 3.76. The van der Waals surface area contributed by atoms with Crippen molar-refractivity contribution in [2.45, 2.75) is 31.0 Å². The van der Waals surface area contributed by atoms with Crippen molar-refractivity contribution in [2.24, 2.45) is 0 Å². The van der Waals surface area contributed by atoms with Crippen molar-refractivity contribution in [1.82, 2.24) is 15.5 Å². The summed E-state index contributed by atoms with van der Waals surface area (Å²) in [4.78, 5) is 39.0. The Labute approximate surface area is 166 Å². The average molecular weight is 397 g/mol. The molecule has 2 aromatic rings. The van der Waals surface area contributed by atoms with Gasteiger partial charge in [-0.2, -0.15) is 0 Å². The van der Waals surface area contributed by atoms with Crippen molar-refractivity contribution in [3.63, 3.8) is 0 Å². The number of nitrogens with one attached hydrogen (secondary N) is 2. The van der Waals surface area contributed by atoms with Gasteiger partial charge in [-0.05, 0) is 36.2 Å². The van der Waals surface area contributed by atoms with Crippen LogP contribution >= 0.6 is 0 Å². The summed E-state index contributed by atoms with van der Waals surface area (Å²) < 4.78 is 18.1. The fraction of sp³-hybridized carbons (Fsp3) is 0.286. The highest BCUT2D eigenvalue weighted by atomic mass is 19.1. The van der Waals surface area contributed by atoms with Gasteiger partial charge in [0.25, 0.3) is 0 Å². The molecule has 7 nitrogen and oxygen atoms in total. The molecule has 0 radical (unpaired) electrons. The van der Waals surface area contributed by atoms with Gasteiger partial charge >= 0.3 is 6.09 Å². The molecule has 4 rings (SSSR count). The third kappa shape index (κ3) is 4.21. The van der Waals surface area contributed by atoms with E-state index in [0.717, 1.165) is 5.56 Å². The molecule has 0 saturated carbocycles. The van der Waals surface area contributed by atoms with E-state index >= 15 is 0 Å². The minimum Gasteiger partial charge on any atom is -0.410 e. The van der Waals surface area contributed by atoms with Crippen molar-refractivity contribution >= 4 is 17.9 Å². The zero-order chi connectivity index (χ0) is 20.4. The maximum absolute atomic E-state index is 12.9. The lowest BCUT2D eigenvalue weighted by Gasteiger charge is -2.34. The van der Waals surface area contributed by atoms with Gasteiger partial charge in [0.2, 0.25) is 11.8 Å². The molecular formula is C21H20FN3O4. The van der Waals surface area contributed by atoms with E-state index in [1.165, 1.54) is 29.2 Å². The van der Waals surface area contributed by atoms with Crippen LogP contribution in [-0.2, 0) is 16.0 Å². The van der Waals surface area contributed by atoms with Crippen molar-refractivity contribution in [3.8, 4) is 5.75 Å². The molecule has 0 aromatic heterocycles. The van der Waals surface area contributed by atoms with Gasteiger partial charge in [-0.1, -0.05) is 30.3 Å². The van der Waals surface area contributed by atoms with E-state index in [-0.39, 0.29) is 24.1 Å². The standard InChI is InChI=1S/C21H20FN3O4/c22-14-6-8-16(9-7-14)29-21(28)23-15-11-18-19(26)24-17(20(27)25(18)12-15)10-13-4-2-1-3-5-13/h1-9,15,17-18H,10-12H2,(H,23,28)(H,24,26)/t15-,17-,18-/m0/s1. The smallest absolute Gasteiger partial charge is 0.410 e. The SMILES string of the molecule is O=C(N[C@H]1C[C@H]2C(=O)N[C@@H](Cc3ccccc3)C(=O)N2C1)Oc1ccc(F)cc1. The van der Waals surface area contributed by atoms with Crippen LogP contribution in [0.2, 0.25) is 0 Å². The molecule has 2 aromatic carbocycles. The number of fused-ring (bicyclic) bond motifs is 1. The summed E-state index contributed by atoms with van der Waals surface area (Å²) in [5.41, 5.74) is 0.960. The molecule has 0 aliphatic carbocycles. The van der Waals surface area contributed by atoms with Crippen LogP contribution in [0.25, 0.3) is 0 Å². The van der Waals surface area contributed by atoms with E-state index in [4.69, 9.17) is 4.74 Å². The van der Waals surface area contributed by atoms with Gasteiger partial charge in [0.1, 0.15) is 23.7 Å². The molecule has 2 aliphatic heterocycles. The second kappa shape index (κ2) is 7.90. The van der Waals surface area contributed by atoms with E-state index in [9.17, 15) is 18.8 Å². The minimum absolute atomic E-state index is 0.158. The largest absolute Gasteiger partial charge is 0.412 e. The Balaban J connectivity index is 1.37. The number of carbonyl (C=O) groups is 3.